The normalized spacial score (nSPS) is 18.6. The van der Waals surface area contributed by atoms with Crippen LogP contribution in [0.2, 0.25) is 0 Å². The molecule has 0 radical (unpaired) electrons. The van der Waals surface area contributed by atoms with Gasteiger partial charge in [-0.05, 0) is 50.2 Å². The number of sulfonamides is 1. The summed E-state index contributed by atoms with van der Waals surface area (Å²) in [5, 5.41) is 4.68. The maximum Gasteiger partial charge on any atom is 0.243 e. The van der Waals surface area contributed by atoms with E-state index in [1.54, 1.807) is 35.7 Å². The van der Waals surface area contributed by atoms with Gasteiger partial charge in [-0.15, -0.1) is 0 Å². The maximum atomic E-state index is 13.1. The predicted molar refractivity (Wildman–Crippen MR) is 102 cm³/mol. The number of methoxy groups -OCH3 is 1. The first kappa shape index (κ1) is 18.5. The molecule has 2 aliphatic rings. The van der Waals surface area contributed by atoms with Gasteiger partial charge in [-0.2, -0.15) is 9.40 Å². The second kappa shape index (κ2) is 7.26. The Labute approximate surface area is 160 Å². The molecule has 27 heavy (non-hydrogen) atoms. The molecule has 3 heterocycles. The first-order chi connectivity index (χ1) is 13.0. The lowest BCUT2D eigenvalue weighted by Crippen LogP contribution is -2.30. The molecule has 7 nitrogen and oxygen atoms in total. The zero-order valence-electron chi connectivity index (χ0n) is 15.9. The predicted octanol–water partition coefficient (Wildman–Crippen LogP) is 2.12. The van der Waals surface area contributed by atoms with Crippen LogP contribution in [0.15, 0.2) is 29.2 Å². The molecule has 8 heteroatoms. The number of ether oxygens (including phenoxy) is 1. The third kappa shape index (κ3) is 3.49. The van der Waals surface area contributed by atoms with Gasteiger partial charge in [-0.3, -0.25) is 9.58 Å². The van der Waals surface area contributed by atoms with Gasteiger partial charge >= 0.3 is 0 Å². The number of piperidine rings is 1. The molecule has 0 aliphatic carbocycles. The Hall–Kier alpha value is -1.90. The highest BCUT2D eigenvalue weighted by molar-refractivity contribution is 7.89. The molecule has 1 aromatic heterocycles. The molecule has 1 saturated heterocycles. The monoisotopic (exact) mass is 390 g/mol. The molecule has 4 rings (SSSR count). The van der Waals surface area contributed by atoms with Crippen molar-refractivity contribution in [2.75, 3.05) is 20.2 Å². The number of nitrogens with zero attached hydrogens (tertiary/aromatic N) is 4. The Morgan fingerprint density at radius 1 is 1.07 bits per heavy atom. The Kier molecular flexibility index (Phi) is 4.96. The Bertz CT molecular complexity index is 915. The van der Waals surface area contributed by atoms with Gasteiger partial charge in [0.15, 0.2) is 0 Å². The fourth-order valence-corrected chi connectivity index (χ4v) is 5.34. The highest BCUT2D eigenvalue weighted by atomic mass is 32.2. The maximum absolute atomic E-state index is 13.1. The molecule has 1 fully saturated rings. The van der Waals surface area contributed by atoms with Crippen LogP contribution in [0.1, 0.15) is 36.2 Å². The van der Waals surface area contributed by atoms with Crippen molar-refractivity contribution >= 4 is 10.0 Å². The SMILES string of the molecule is COc1ccc(S(=O)(=O)N2Cc3c(CN4CCCCC4)nn(C)c3C2)cc1. The fraction of sp³-hybridized carbons (Fsp3) is 0.526. The van der Waals surface area contributed by atoms with Gasteiger partial charge in [-0.1, -0.05) is 6.42 Å². The molecule has 2 aromatic rings. The largest absolute Gasteiger partial charge is 0.497 e. The number of rotatable bonds is 5. The van der Waals surface area contributed by atoms with Crippen molar-refractivity contribution < 1.29 is 13.2 Å². The number of hydrogen-bond donors (Lipinski definition) is 0. The minimum absolute atomic E-state index is 0.293. The smallest absolute Gasteiger partial charge is 0.243 e. The lowest BCUT2D eigenvalue weighted by molar-refractivity contribution is 0.217. The van der Waals surface area contributed by atoms with Gasteiger partial charge in [0.1, 0.15) is 5.75 Å². The zero-order chi connectivity index (χ0) is 19.0. The number of aryl methyl sites for hydroxylation is 1. The van der Waals surface area contributed by atoms with E-state index in [1.165, 1.54) is 19.3 Å². The number of benzene rings is 1. The van der Waals surface area contributed by atoms with Crippen LogP contribution in [0.3, 0.4) is 0 Å². The molecular formula is C19H26N4O3S. The highest BCUT2D eigenvalue weighted by Gasteiger charge is 2.35. The molecule has 1 aromatic carbocycles. The zero-order valence-corrected chi connectivity index (χ0v) is 16.7. The van der Waals surface area contributed by atoms with Gasteiger partial charge in [0, 0.05) is 25.7 Å². The third-order valence-electron chi connectivity index (χ3n) is 5.54. The van der Waals surface area contributed by atoms with E-state index >= 15 is 0 Å². The van der Waals surface area contributed by atoms with Crippen LogP contribution in [0.4, 0.5) is 0 Å². The lowest BCUT2D eigenvalue weighted by atomic mass is 10.1. The summed E-state index contributed by atoms with van der Waals surface area (Å²) in [6.07, 6.45) is 3.75. The van der Waals surface area contributed by atoms with Gasteiger partial charge < -0.3 is 4.74 Å². The summed E-state index contributed by atoms with van der Waals surface area (Å²) in [4.78, 5) is 2.72. The van der Waals surface area contributed by atoms with E-state index in [4.69, 9.17) is 4.74 Å². The van der Waals surface area contributed by atoms with Crippen molar-refractivity contribution in [3.63, 3.8) is 0 Å². The first-order valence-corrected chi connectivity index (χ1v) is 10.8. The van der Waals surface area contributed by atoms with Crippen molar-refractivity contribution in [3.05, 3.63) is 41.2 Å². The Balaban J connectivity index is 1.55. The lowest BCUT2D eigenvalue weighted by Gasteiger charge is -2.26. The van der Waals surface area contributed by atoms with Crippen molar-refractivity contribution in [2.24, 2.45) is 7.05 Å². The van der Waals surface area contributed by atoms with Crippen molar-refractivity contribution in [3.8, 4) is 5.75 Å². The van der Waals surface area contributed by atoms with Crippen LogP contribution in [0.25, 0.3) is 0 Å². The minimum atomic E-state index is -3.54. The molecule has 0 spiro atoms. The van der Waals surface area contributed by atoms with E-state index in [0.717, 1.165) is 36.6 Å². The average molecular weight is 391 g/mol. The second-order valence-electron chi connectivity index (χ2n) is 7.28. The number of fused-ring (bicyclic) bond motifs is 1. The summed E-state index contributed by atoms with van der Waals surface area (Å²) >= 11 is 0. The Morgan fingerprint density at radius 3 is 2.44 bits per heavy atom. The number of likely N-dealkylation sites (tertiary alicyclic amines) is 1. The summed E-state index contributed by atoms with van der Waals surface area (Å²) < 4.78 is 34.6. The van der Waals surface area contributed by atoms with Gasteiger partial charge in [0.2, 0.25) is 10.0 Å². The summed E-state index contributed by atoms with van der Waals surface area (Å²) in [7, 11) is -0.0731. The van der Waals surface area contributed by atoms with Crippen LogP contribution < -0.4 is 4.74 Å². The average Bonchev–Trinajstić information content (AvgIpc) is 3.25. The summed E-state index contributed by atoms with van der Waals surface area (Å²) in [5.74, 6) is 0.645. The van der Waals surface area contributed by atoms with Gasteiger partial charge in [0.25, 0.3) is 0 Å². The van der Waals surface area contributed by atoms with Gasteiger partial charge in [0.05, 0.1) is 29.9 Å². The molecular weight excluding hydrogens is 364 g/mol. The van der Waals surface area contributed by atoms with E-state index < -0.39 is 10.0 Å². The standard InChI is InChI=1S/C19H26N4O3S/c1-21-19-14-23(27(24,25)16-8-6-15(26-2)7-9-16)12-17(19)18(20-21)13-22-10-4-3-5-11-22/h6-9H,3-5,10-14H2,1-2H3. The van der Waals surface area contributed by atoms with Crippen molar-refractivity contribution in [1.29, 1.82) is 0 Å². The van der Waals surface area contributed by atoms with Crippen LogP contribution in [0, 0.1) is 0 Å². The molecule has 2 aliphatic heterocycles. The number of hydrogen-bond acceptors (Lipinski definition) is 5. The van der Waals surface area contributed by atoms with E-state index in [9.17, 15) is 8.42 Å². The van der Waals surface area contributed by atoms with Crippen LogP contribution in [-0.4, -0.2) is 47.6 Å². The van der Waals surface area contributed by atoms with E-state index in [2.05, 4.69) is 10.00 Å². The van der Waals surface area contributed by atoms with Crippen molar-refractivity contribution in [1.82, 2.24) is 19.0 Å². The fourth-order valence-electron chi connectivity index (χ4n) is 3.97. The van der Waals surface area contributed by atoms with Crippen LogP contribution in [-0.2, 0) is 36.7 Å². The number of aromatic nitrogens is 2. The Morgan fingerprint density at radius 2 is 1.78 bits per heavy atom. The van der Waals surface area contributed by atoms with Crippen molar-refractivity contribution in [2.45, 2.75) is 43.8 Å². The molecule has 0 amide bonds. The molecule has 0 unspecified atom stereocenters. The molecule has 0 saturated carbocycles. The minimum Gasteiger partial charge on any atom is -0.497 e. The third-order valence-corrected chi connectivity index (χ3v) is 7.34. The quantitative estimate of drug-likeness (QED) is 0.782. The van der Waals surface area contributed by atoms with E-state index in [-0.39, 0.29) is 0 Å². The highest BCUT2D eigenvalue weighted by Crippen LogP contribution is 2.31. The molecule has 146 valence electrons. The van der Waals surface area contributed by atoms with E-state index in [1.807, 2.05) is 11.7 Å². The first-order valence-electron chi connectivity index (χ1n) is 9.39. The van der Waals surface area contributed by atoms with E-state index in [0.29, 0.717) is 23.7 Å². The van der Waals surface area contributed by atoms with Crippen LogP contribution in [0.5, 0.6) is 5.75 Å². The summed E-state index contributed by atoms with van der Waals surface area (Å²) in [6.45, 7) is 3.76. The van der Waals surface area contributed by atoms with Gasteiger partial charge in [-0.25, -0.2) is 8.42 Å². The summed E-state index contributed by atoms with van der Waals surface area (Å²) in [6, 6.07) is 6.56. The molecule has 0 atom stereocenters. The summed E-state index contributed by atoms with van der Waals surface area (Å²) in [5.41, 5.74) is 3.08. The molecule has 0 bridgehead atoms. The molecule has 0 N–H and O–H groups in total. The topological polar surface area (TPSA) is 67.7 Å². The van der Waals surface area contributed by atoms with Crippen LogP contribution >= 0.6 is 0 Å². The second-order valence-corrected chi connectivity index (χ2v) is 9.22.